The smallest absolute Gasteiger partial charge is 0.194 e. The summed E-state index contributed by atoms with van der Waals surface area (Å²) in [5, 5.41) is 2.63. The SMILES string of the molecule is [C-]#[N+]c1ccc(-c2ccc(-c3ccc(-c4ccc5c6c(cccc46)-c4ccccc4-5)cc3)cc2)cc1-c1ccc(-c2nc(-c3ccc(C)cc3)nc(-c3ccc(C)cc3)n2)cc1. The van der Waals surface area contributed by atoms with Gasteiger partial charge in [-0.3, -0.25) is 0 Å². The third-order valence-electron chi connectivity index (χ3n) is 12.1. The molecule has 10 aromatic rings. The van der Waals surface area contributed by atoms with Gasteiger partial charge in [-0.25, -0.2) is 19.8 Å². The number of aryl methyl sites for hydroxylation is 2. The number of fused-ring (bicyclic) bond motifs is 3. The standard InChI is InChI=1S/C58H38N4/c1-36-11-15-43(16-12-36)56-60-57(44-17-13-37(2)14-18-44)62-58(61-56)45-29-27-42(28-30-45)53-35-46(31-34-54(53)59-3)40-21-19-38(20-22-40)39-23-25-41(26-24-39)47-32-33-52-49-8-5-4-7-48(49)51-10-6-9-50(47)55(51)52/h4-35H,1-2H3. The minimum Gasteiger partial charge on any atom is -0.238 e. The van der Waals surface area contributed by atoms with Gasteiger partial charge in [0.05, 0.1) is 6.57 Å². The highest BCUT2D eigenvalue weighted by Gasteiger charge is 2.22. The van der Waals surface area contributed by atoms with Gasteiger partial charge in [-0.1, -0.05) is 205 Å². The minimum atomic E-state index is 0.596. The zero-order chi connectivity index (χ0) is 41.7. The highest BCUT2D eigenvalue weighted by Crippen LogP contribution is 2.49. The van der Waals surface area contributed by atoms with Crippen LogP contribution in [0.15, 0.2) is 194 Å². The molecule has 0 saturated heterocycles. The van der Waals surface area contributed by atoms with Crippen molar-refractivity contribution in [2.24, 2.45) is 0 Å². The predicted octanol–water partition coefficient (Wildman–Crippen LogP) is 15.5. The topological polar surface area (TPSA) is 43.0 Å². The van der Waals surface area contributed by atoms with E-state index in [0.717, 1.165) is 50.1 Å². The molecular weight excluding hydrogens is 753 g/mol. The number of benzene rings is 9. The molecule has 0 fully saturated rings. The summed E-state index contributed by atoms with van der Waals surface area (Å²) >= 11 is 0. The van der Waals surface area contributed by atoms with Gasteiger partial charge in [-0.15, -0.1) is 0 Å². The average molecular weight is 791 g/mol. The molecular formula is C58H38N4. The average Bonchev–Trinajstić information content (AvgIpc) is 3.66. The molecule has 1 aliphatic carbocycles. The van der Waals surface area contributed by atoms with Gasteiger partial charge in [-0.2, -0.15) is 0 Å². The van der Waals surface area contributed by atoms with Gasteiger partial charge in [-0.05, 0) is 91.4 Å². The lowest BCUT2D eigenvalue weighted by Gasteiger charge is -2.12. The first-order valence-electron chi connectivity index (χ1n) is 20.9. The summed E-state index contributed by atoms with van der Waals surface area (Å²) in [7, 11) is 0. The zero-order valence-corrected chi connectivity index (χ0v) is 34.3. The van der Waals surface area contributed by atoms with Crippen LogP contribution in [0.4, 0.5) is 5.69 Å². The molecule has 1 aliphatic rings. The fraction of sp³-hybridized carbons (Fsp3) is 0.0345. The van der Waals surface area contributed by atoms with E-state index in [-0.39, 0.29) is 0 Å². The van der Waals surface area contributed by atoms with Gasteiger partial charge in [0.25, 0.3) is 0 Å². The summed E-state index contributed by atoms with van der Waals surface area (Å²) in [5.74, 6) is 1.85. The van der Waals surface area contributed by atoms with Gasteiger partial charge in [0, 0.05) is 16.7 Å². The highest BCUT2D eigenvalue weighted by atomic mass is 15.0. The van der Waals surface area contributed by atoms with E-state index in [0.29, 0.717) is 23.2 Å². The number of nitrogens with zero attached hydrogens (tertiary/aromatic N) is 4. The van der Waals surface area contributed by atoms with E-state index in [1.807, 2.05) is 24.3 Å². The van der Waals surface area contributed by atoms with Crippen molar-refractivity contribution < 1.29 is 0 Å². The van der Waals surface area contributed by atoms with Crippen LogP contribution in [0.2, 0.25) is 0 Å². The number of rotatable bonds is 7. The Morgan fingerprint density at radius 1 is 0.323 bits per heavy atom. The summed E-state index contributed by atoms with van der Waals surface area (Å²) in [6, 6.07) is 68.3. The maximum absolute atomic E-state index is 8.00. The molecule has 0 spiro atoms. The van der Waals surface area contributed by atoms with E-state index in [1.165, 1.54) is 55.3 Å². The first kappa shape index (κ1) is 36.8. The second kappa shape index (κ2) is 15.1. The van der Waals surface area contributed by atoms with E-state index in [2.05, 4.69) is 189 Å². The fourth-order valence-electron chi connectivity index (χ4n) is 8.77. The Hall–Kier alpha value is -8.26. The van der Waals surface area contributed by atoms with E-state index >= 15 is 0 Å². The fourth-order valence-corrected chi connectivity index (χ4v) is 8.77. The molecule has 0 unspecified atom stereocenters. The monoisotopic (exact) mass is 790 g/mol. The number of hydrogen-bond acceptors (Lipinski definition) is 3. The van der Waals surface area contributed by atoms with Crippen LogP contribution >= 0.6 is 0 Å². The molecule has 9 aromatic carbocycles. The van der Waals surface area contributed by atoms with Crippen LogP contribution in [0.3, 0.4) is 0 Å². The van der Waals surface area contributed by atoms with Gasteiger partial charge >= 0.3 is 0 Å². The van der Waals surface area contributed by atoms with Crippen LogP contribution in [-0.2, 0) is 0 Å². The second-order valence-electron chi connectivity index (χ2n) is 16.0. The summed E-state index contributed by atoms with van der Waals surface area (Å²) < 4.78 is 0. The van der Waals surface area contributed by atoms with Crippen molar-refractivity contribution in [1.29, 1.82) is 0 Å². The molecule has 4 nitrogen and oxygen atoms in total. The lowest BCUT2D eigenvalue weighted by Crippen LogP contribution is -2.00. The first-order valence-corrected chi connectivity index (χ1v) is 20.9. The Morgan fingerprint density at radius 2 is 0.710 bits per heavy atom. The van der Waals surface area contributed by atoms with E-state index in [1.54, 1.807) is 0 Å². The van der Waals surface area contributed by atoms with Gasteiger partial charge in [0.1, 0.15) is 0 Å². The Bertz CT molecular complexity index is 3280. The third-order valence-corrected chi connectivity index (χ3v) is 12.1. The maximum atomic E-state index is 8.00. The zero-order valence-electron chi connectivity index (χ0n) is 34.3. The molecule has 62 heavy (non-hydrogen) atoms. The molecule has 0 bridgehead atoms. The Kier molecular flexibility index (Phi) is 8.95. The molecule has 0 atom stereocenters. The Labute approximate surface area is 361 Å². The van der Waals surface area contributed by atoms with Crippen molar-refractivity contribution in [3.63, 3.8) is 0 Å². The lowest BCUT2D eigenvalue weighted by atomic mass is 9.93. The van der Waals surface area contributed by atoms with Crippen LogP contribution < -0.4 is 0 Å². The summed E-state index contributed by atoms with van der Waals surface area (Å²) in [5.41, 5.74) is 19.7. The van der Waals surface area contributed by atoms with Crippen molar-refractivity contribution in [2.75, 3.05) is 0 Å². The molecule has 290 valence electrons. The summed E-state index contributed by atoms with van der Waals surface area (Å²) in [6.07, 6.45) is 0. The molecule has 1 heterocycles. The van der Waals surface area contributed by atoms with Crippen LogP contribution in [0.25, 0.3) is 117 Å². The van der Waals surface area contributed by atoms with E-state index < -0.39 is 0 Å². The van der Waals surface area contributed by atoms with Crippen LogP contribution in [0.1, 0.15) is 11.1 Å². The molecule has 11 rings (SSSR count). The van der Waals surface area contributed by atoms with Crippen molar-refractivity contribution >= 4 is 16.5 Å². The van der Waals surface area contributed by atoms with Crippen LogP contribution in [0, 0.1) is 20.4 Å². The largest absolute Gasteiger partial charge is 0.238 e. The molecule has 0 aliphatic heterocycles. The van der Waals surface area contributed by atoms with E-state index in [4.69, 9.17) is 21.5 Å². The van der Waals surface area contributed by atoms with Gasteiger partial charge < -0.3 is 0 Å². The second-order valence-corrected chi connectivity index (χ2v) is 16.0. The lowest BCUT2D eigenvalue weighted by molar-refractivity contribution is 1.07. The number of aromatic nitrogens is 3. The van der Waals surface area contributed by atoms with Crippen molar-refractivity contribution in [3.05, 3.63) is 217 Å². The Morgan fingerprint density at radius 3 is 1.23 bits per heavy atom. The molecule has 0 saturated carbocycles. The van der Waals surface area contributed by atoms with E-state index in [9.17, 15) is 0 Å². The Balaban J connectivity index is 0.865. The molecule has 1 aromatic heterocycles. The molecule has 0 N–H and O–H groups in total. The normalized spacial score (nSPS) is 11.4. The predicted molar refractivity (Wildman–Crippen MR) is 256 cm³/mol. The molecule has 0 radical (unpaired) electrons. The molecule has 0 amide bonds. The number of hydrogen-bond donors (Lipinski definition) is 0. The summed E-state index contributed by atoms with van der Waals surface area (Å²) in [4.78, 5) is 18.7. The molecule has 4 heteroatoms. The minimum absolute atomic E-state index is 0.596. The highest BCUT2D eigenvalue weighted by molar-refractivity contribution is 6.18. The maximum Gasteiger partial charge on any atom is 0.194 e. The third kappa shape index (κ3) is 6.54. The van der Waals surface area contributed by atoms with Crippen LogP contribution in [-0.4, -0.2) is 15.0 Å². The first-order chi connectivity index (χ1) is 30.5. The van der Waals surface area contributed by atoms with Crippen molar-refractivity contribution in [3.8, 4) is 101 Å². The van der Waals surface area contributed by atoms with Gasteiger partial charge in [0.15, 0.2) is 23.2 Å². The van der Waals surface area contributed by atoms with Crippen molar-refractivity contribution in [1.82, 2.24) is 15.0 Å². The van der Waals surface area contributed by atoms with Crippen molar-refractivity contribution in [2.45, 2.75) is 13.8 Å². The quantitative estimate of drug-likeness (QED) is 0.151. The van der Waals surface area contributed by atoms with Crippen LogP contribution in [0.5, 0.6) is 0 Å². The summed E-state index contributed by atoms with van der Waals surface area (Å²) in [6.45, 7) is 12.1. The van der Waals surface area contributed by atoms with Gasteiger partial charge in [0.2, 0.25) is 0 Å².